The summed E-state index contributed by atoms with van der Waals surface area (Å²) in [4.78, 5) is 27.5. The fourth-order valence-electron chi connectivity index (χ4n) is 4.56. The van der Waals surface area contributed by atoms with E-state index in [1.807, 2.05) is 32.0 Å². The van der Waals surface area contributed by atoms with E-state index in [9.17, 15) is 14.0 Å². The molecule has 0 radical (unpaired) electrons. The molecule has 0 saturated carbocycles. The van der Waals surface area contributed by atoms with E-state index < -0.39 is 5.72 Å². The molecule has 0 aliphatic carbocycles. The third-order valence-electron chi connectivity index (χ3n) is 6.16. The van der Waals surface area contributed by atoms with Crippen LogP contribution in [0.4, 0.5) is 14.9 Å². The number of nitrogens with zero attached hydrogens (tertiary/aromatic N) is 1. The molecule has 2 aliphatic heterocycles. The van der Waals surface area contributed by atoms with E-state index >= 15 is 0 Å². The average Bonchev–Trinajstić information content (AvgIpc) is 2.79. The highest BCUT2D eigenvalue weighted by Gasteiger charge is 2.49. The van der Waals surface area contributed by atoms with Crippen LogP contribution < -0.4 is 20.3 Å². The maximum Gasteiger partial charge on any atom is 0.325 e. The Morgan fingerprint density at radius 2 is 1.97 bits per heavy atom. The van der Waals surface area contributed by atoms with Crippen LogP contribution in [-0.4, -0.2) is 17.7 Å². The molecular formula is C26H24FN3O3. The third-order valence-corrected chi connectivity index (χ3v) is 6.16. The van der Waals surface area contributed by atoms with Gasteiger partial charge in [0, 0.05) is 24.1 Å². The van der Waals surface area contributed by atoms with Crippen molar-refractivity contribution in [1.29, 1.82) is 0 Å². The molecule has 33 heavy (non-hydrogen) atoms. The second-order valence-corrected chi connectivity index (χ2v) is 8.72. The Bertz CT molecular complexity index is 1240. The van der Waals surface area contributed by atoms with Crippen molar-refractivity contribution in [1.82, 2.24) is 10.6 Å². The highest BCUT2D eigenvalue weighted by atomic mass is 19.1. The van der Waals surface area contributed by atoms with Crippen LogP contribution in [0.25, 0.3) is 0 Å². The van der Waals surface area contributed by atoms with Gasteiger partial charge in [0.05, 0.1) is 11.7 Å². The van der Waals surface area contributed by atoms with E-state index in [4.69, 9.17) is 4.74 Å². The summed E-state index contributed by atoms with van der Waals surface area (Å²) in [6.07, 6.45) is 0.580. The lowest BCUT2D eigenvalue weighted by Gasteiger charge is -2.50. The Kier molecular flexibility index (Phi) is 5.04. The van der Waals surface area contributed by atoms with Crippen LogP contribution in [0.2, 0.25) is 0 Å². The molecule has 2 bridgehead atoms. The van der Waals surface area contributed by atoms with E-state index in [2.05, 4.69) is 10.6 Å². The molecular weight excluding hydrogens is 421 g/mol. The molecule has 2 unspecified atom stereocenters. The van der Waals surface area contributed by atoms with Gasteiger partial charge in [-0.3, -0.25) is 9.69 Å². The molecule has 5 rings (SSSR count). The van der Waals surface area contributed by atoms with Crippen molar-refractivity contribution >= 4 is 17.6 Å². The molecule has 7 heteroatoms. The second-order valence-electron chi connectivity index (χ2n) is 8.72. The van der Waals surface area contributed by atoms with Crippen LogP contribution in [0.3, 0.4) is 0 Å². The first kappa shape index (κ1) is 21.0. The molecule has 1 saturated heterocycles. The molecule has 3 amide bonds. The molecule has 2 aliphatic rings. The van der Waals surface area contributed by atoms with Gasteiger partial charge in [-0.1, -0.05) is 35.9 Å². The van der Waals surface area contributed by atoms with Gasteiger partial charge < -0.3 is 15.4 Å². The van der Waals surface area contributed by atoms with Gasteiger partial charge in [-0.15, -0.1) is 0 Å². The molecule has 2 heterocycles. The summed E-state index contributed by atoms with van der Waals surface area (Å²) in [6, 6.07) is 18.4. The number of aryl methyl sites for hydroxylation is 1. The van der Waals surface area contributed by atoms with Crippen LogP contribution in [0.15, 0.2) is 66.7 Å². The maximum absolute atomic E-state index is 13.1. The summed E-state index contributed by atoms with van der Waals surface area (Å²) in [7, 11) is 0. The van der Waals surface area contributed by atoms with Crippen molar-refractivity contribution in [3.8, 4) is 5.75 Å². The Morgan fingerprint density at radius 1 is 1.18 bits per heavy atom. The van der Waals surface area contributed by atoms with E-state index in [0.29, 0.717) is 17.7 Å². The van der Waals surface area contributed by atoms with Gasteiger partial charge in [0.15, 0.2) is 5.72 Å². The second kappa shape index (κ2) is 7.92. The fourth-order valence-corrected chi connectivity index (χ4v) is 4.56. The summed E-state index contributed by atoms with van der Waals surface area (Å²) < 4.78 is 19.4. The topological polar surface area (TPSA) is 70.7 Å². The maximum atomic E-state index is 13.1. The van der Waals surface area contributed by atoms with E-state index in [-0.39, 0.29) is 30.3 Å². The molecule has 1 fully saturated rings. The summed E-state index contributed by atoms with van der Waals surface area (Å²) in [6.45, 7) is 4.17. The summed E-state index contributed by atoms with van der Waals surface area (Å²) >= 11 is 0. The molecule has 2 atom stereocenters. The van der Waals surface area contributed by atoms with Gasteiger partial charge in [0.1, 0.15) is 11.6 Å². The van der Waals surface area contributed by atoms with Crippen molar-refractivity contribution < 1.29 is 18.7 Å². The number of halogens is 1. The summed E-state index contributed by atoms with van der Waals surface area (Å²) in [5.41, 5.74) is 2.97. The predicted molar refractivity (Wildman–Crippen MR) is 123 cm³/mol. The molecule has 6 nitrogen and oxygen atoms in total. The zero-order valence-electron chi connectivity index (χ0n) is 18.4. The molecule has 3 aromatic carbocycles. The fraction of sp³-hybridized carbons (Fsp3) is 0.231. The summed E-state index contributed by atoms with van der Waals surface area (Å²) in [5.74, 6) is 0.139. The first-order valence-electron chi connectivity index (χ1n) is 10.9. The smallest absolute Gasteiger partial charge is 0.325 e. The number of fused-ring (bicyclic) bond motifs is 4. The van der Waals surface area contributed by atoms with Gasteiger partial charge in [0.25, 0.3) is 5.91 Å². The zero-order valence-corrected chi connectivity index (χ0v) is 18.4. The van der Waals surface area contributed by atoms with Crippen molar-refractivity contribution in [2.75, 3.05) is 4.90 Å². The number of carbonyl (C=O) groups excluding carboxylic acids is 2. The van der Waals surface area contributed by atoms with Crippen molar-refractivity contribution in [2.24, 2.45) is 0 Å². The quantitative estimate of drug-likeness (QED) is 0.604. The molecule has 0 aromatic heterocycles. The van der Waals surface area contributed by atoms with Crippen molar-refractivity contribution in [3.63, 3.8) is 0 Å². The zero-order chi connectivity index (χ0) is 23.2. The van der Waals surface area contributed by atoms with E-state index in [1.165, 1.54) is 12.1 Å². The number of amides is 3. The molecule has 0 spiro atoms. The lowest BCUT2D eigenvalue weighted by molar-refractivity contribution is 0.0378. The number of ether oxygens (including phenoxy) is 1. The normalized spacial score (nSPS) is 21.0. The predicted octanol–water partition coefficient (Wildman–Crippen LogP) is 4.83. The lowest BCUT2D eigenvalue weighted by atomic mass is 9.89. The minimum atomic E-state index is -0.890. The Hall–Kier alpha value is -3.87. The van der Waals surface area contributed by atoms with Gasteiger partial charge >= 0.3 is 6.03 Å². The first-order valence-corrected chi connectivity index (χ1v) is 10.9. The van der Waals surface area contributed by atoms with Gasteiger partial charge in [-0.2, -0.15) is 0 Å². The van der Waals surface area contributed by atoms with Crippen molar-refractivity contribution in [2.45, 2.75) is 38.6 Å². The third kappa shape index (κ3) is 3.91. The highest BCUT2D eigenvalue weighted by Crippen LogP contribution is 2.45. The monoisotopic (exact) mass is 445 g/mol. The number of nitrogens with one attached hydrogen (secondary N) is 2. The minimum Gasteiger partial charge on any atom is -0.467 e. The van der Waals surface area contributed by atoms with Crippen LogP contribution in [0, 0.1) is 12.7 Å². The Balaban J connectivity index is 1.39. The number of hydrogen-bond acceptors (Lipinski definition) is 3. The van der Waals surface area contributed by atoms with Crippen LogP contribution in [-0.2, 0) is 6.54 Å². The number of hydrogen-bond donors (Lipinski definition) is 2. The number of carbonyl (C=O) groups is 2. The summed E-state index contributed by atoms with van der Waals surface area (Å²) in [5, 5.41) is 5.92. The minimum absolute atomic E-state index is 0.135. The number of anilines is 1. The van der Waals surface area contributed by atoms with Crippen LogP contribution in [0.5, 0.6) is 5.75 Å². The molecule has 168 valence electrons. The number of urea groups is 1. The first-order chi connectivity index (χ1) is 15.8. The number of benzene rings is 3. The van der Waals surface area contributed by atoms with Gasteiger partial charge in [-0.25, -0.2) is 9.18 Å². The van der Waals surface area contributed by atoms with Gasteiger partial charge in [-0.05, 0) is 55.8 Å². The molecule has 3 aromatic rings. The van der Waals surface area contributed by atoms with Crippen molar-refractivity contribution in [3.05, 3.63) is 94.8 Å². The number of rotatable bonds is 4. The highest BCUT2D eigenvalue weighted by molar-refractivity contribution is 5.99. The van der Waals surface area contributed by atoms with E-state index in [1.54, 1.807) is 41.3 Å². The molecule has 2 N–H and O–H groups in total. The lowest BCUT2D eigenvalue weighted by Crippen LogP contribution is -2.65. The standard InChI is InChI=1S/C26H24FN3O3/c1-16-6-11-23-21(12-16)22-14-26(2,33-23)30(25(32)29-22)20-5-3-4-18(13-20)24(31)28-15-17-7-9-19(27)10-8-17/h3-13,22H,14-15H2,1-2H3,(H,28,31)(H,29,32). The van der Waals surface area contributed by atoms with Gasteiger partial charge in [0.2, 0.25) is 0 Å². The SMILES string of the molecule is Cc1ccc2c(c1)C1CC(C)(O2)N(c2cccc(C(=O)NCc3ccc(F)cc3)c2)C(=O)N1. The average molecular weight is 445 g/mol. The Morgan fingerprint density at radius 3 is 2.76 bits per heavy atom. The Labute approximate surface area is 191 Å². The van der Waals surface area contributed by atoms with Crippen LogP contribution in [0.1, 0.15) is 46.4 Å². The largest absolute Gasteiger partial charge is 0.467 e. The van der Waals surface area contributed by atoms with E-state index in [0.717, 1.165) is 22.4 Å². The van der Waals surface area contributed by atoms with Crippen LogP contribution >= 0.6 is 0 Å².